The Bertz CT molecular complexity index is 578. The van der Waals surface area contributed by atoms with Crippen molar-refractivity contribution in [1.82, 2.24) is 10.2 Å². The Kier molecular flexibility index (Phi) is 7.15. The van der Waals surface area contributed by atoms with Crippen LogP contribution >= 0.6 is 0 Å². The molecule has 2 aliphatic carbocycles. The second-order valence-electron chi connectivity index (χ2n) is 10.6. The molecule has 2 saturated carbocycles. The molecule has 6 aliphatic rings. The van der Waals surface area contributed by atoms with Crippen LogP contribution in [0.25, 0.3) is 0 Å². The Balaban J connectivity index is 1.32. The highest BCUT2D eigenvalue weighted by atomic mass is 19.1. The Labute approximate surface area is 185 Å². The highest BCUT2D eigenvalue weighted by Gasteiger charge is 2.47. The maximum Gasteiger partial charge on any atom is 0.129 e. The maximum atomic E-state index is 14.9. The van der Waals surface area contributed by atoms with E-state index in [4.69, 9.17) is 14.2 Å². The van der Waals surface area contributed by atoms with Gasteiger partial charge < -0.3 is 19.5 Å². The normalized spacial score (nSPS) is 48.0. The summed E-state index contributed by atoms with van der Waals surface area (Å²) in [6, 6.07) is 0.297. The Morgan fingerprint density at radius 2 is 1.77 bits per heavy atom. The first kappa shape index (κ1) is 22.5. The lowest BCUT2D eigenvalue weighted by Gasteiger charge is -2.52. The average Bonchev–Trinajstić information content (AvgIpc) is 2.78. The monoisotopic (exact) mass is 442 g/mol. The molecule has 4 unspecified atom stereocenters. The molecule has 0 aromatic carbocycles. The summed E-state index contributed by atoms with van der Waals surface area (Å²) < 4.78 is 47.7. The second kappa shape index (κ2) is 9.88. The number of fused-ring (bicyclic) bond motifs is 6. The lowest BCUT2D eigenvalue weighted by Crippen LogP contribution is -2.70. The first-order valence-electron chi connectivity index (χ1n) is 12.7. The van der Waals surface area contributed by atoms with Crippen molar-refractivity contribution in [2.75, 3.05) is 46.1 Å². The number of halogens is 2. The molecule has 0 amide bonds. The van der Waals surface area contributed by atoms with E-state index in [1.54, 1.807) is 0 Å². The van der Waals surface area contributed by atoms with Crippen LogP contribution in [-0.4, -0.2) is 87.1 Å². The largest absolute Gasteiger partial charge is 0.378 e. The summed E-state index contributed by atoms with van der Waals surface area (Å²) in [6.07, 6.45) is 5.20. The van der Waals surface area contributed by atoms with E-state index in [1.165, 1.54) is 0 Å². The zero-order valence-corrected chi connectivity index (χ0v) is 18.8. The fraction of sp³-hybridized carbons (Fsp3) is 1.00. The van der Waals surface area contributed by atoms with Gasteiger partial charge in [0.25, 0.3) is 0 Å². The van der Waals surface area contributed by atoms with E-state index in [0.717, 1.165) is 84.4 Å². The van der Waals surface area contributed by atoms with Crippen LogP contribution in [0.15, 0.2) is 0 Å². The number of nitrogens with zero attached hydrogens (tertiary/aromatic N) is 1. The molecule has 4 heterocycles. The van der Waals surface area contributed by atoms with Crippen molar-refractivity contribution in [2.24, 2.45) is 11.8 Å². The minimum atomic E-state index is -1.18. The molecule has 31 heavy (non-hydrogen) atoms. The van der Waals surface area contributed by atoms with Crippen LogP contribution in [-0.2, 0) is 14.2 Å². The first-order valence-corrected chi connectivity index (χ1v) is 12.7. The van der Waals surface area contributed by atoms with E-state index in [9.17, 15) is 8.78 Å². The highest BCUT2D eigenvalue weighted by Crippen LogP contribution is 2.42. The molecule has 1 spiro atoms. The highest BCUT2D eigenvalue weighted by molar-refractivity contribution is 5.05. The molecule has 178 valence electrons. The van der Waals surface area contributed by atoms with E-state index in [-0.39, 0.29) is 24.0 Å². The third-order valence-corrected chi connectivity index (χ3v) is 8.73. The van der Waals surface area contributed by atoms with Gasteiger partial charge in [-0.15, -0.1) is 0 Å². The molecule has 0 aromatic heterocycles. The molecule has 7 heteroatoms. The van der Waals surface area contributed by atoms with Crippen molar-refractivity contribution in [3.63, 3.8) is 0 Å². The van der Waals surface area contributed by atoms with E-state index < -0.39 is 18.4 Å². The summed E-state index contributed by atoms with van der Waals surface area (Å²) in [5.74, 6) is 0.368. The number of hydrogen-bond acceptors (Lipinski definition) is 5. The van der Waals surface area contributed by atoms with Gasteiger partial charge in [-0.3, -0.25) is 4.90 Å². The van der Waals surface area contributed by atoms with E-state index in [1.807, 2.05) is 0 Å². The summed E-state index contributed by atoms with van der Waals surface area (Å²) in [5, 5.41) is 3.80. The van der Waals surface area contributed by atoms with Crippen molar-refractivity contribution >= 4 is 0 Å². The standard InChI is InChI=1S/C24H40F2N2O3/c25-18-13-20-17-3-5-19(6-4-17)31-15-22-24(16-29-12-8-27-24)7-1-9-28(22)10-2-11-30-23(20)21(26)14-18/h17-23,27H,1-16H2/t17?,18?,19?,20?,21?,22-,23?,24+/m0/s1. The van der Waals surface area contributed by atoms with Gasteiger partial charge in [0, 0.05) is 26.1 Å². The molecular formula is C24H40F2N2O3. The van der Waals surface area contributed by atoms with Crippen LogP contribution in [0.5, 0.6) is 0 Å². The molecule has 5 nitrogen and oxygen atoms in total. The summed E-state index contributed by atoms with van der Waals surface area (Å²) in [6.45, 7) is 5.69. The summed E-state index contributed by atoms with van der Waals surface area (Å²) >= 11 is 0. The zero-order valence-electron chi connectivity index (χ0n) is 18.8. The van der Waals surface area contributed by atoms with E-state index in [2.05, 4.69) is 10.2 Å². The first-order chi connectivity index (χ1) is 15.1. The van der Waals surface area contributed by atoms with Gasteiger partial charge in [0.2, 0.25) is 0 Å². The molecule has 4 saturated heterocycles. The number of nitrogens with one attached hydrogen (secondary N) is 1. The fourth-order valence-corrected chi connectivity index (χ4v) is 7.11. The number of rotatable bonds is 0. The van der Waals surface area contributed by atoms with Crippen molar-refractivity contribution in [3.8, 4) is 0 Å². The minimum absolute atomic E-state index is 0.00200. The maximum absolute atomic E-state index is 14.9. The number of piperidine rings is 1. The number of alkyl halides is 2. The van der Waals surface area contributed by atoms with E-state index >= 15 is 0 Å². The SMILES string of the molecule is FC1CC(F)C2OCCCN3CCC[C@@]4(COCCN4)[C@@H]3COC3CCC(CC3)C2C1. The smallest absolute Gasteiger partial charge is 0.129 e. The molecule has 4 aliphatic heterocycles. The minimum Gasteiger partial charge on any atom is -0.378 e. The average molecular weight is 443 g/mol. The summed E-state index contributed by atoms with van der Waals surface area (Å²) in [4.78, 5) is 2.55. The lowest BCUT2D eigenvalue weighted by atomic mass is 9.70. The number of ether oxygens (including phenoxy) is 3. The molecule has 0 aromatic rings. The molecule has 6 fully saturated rings. The second-order valence-corrected chi connectivity index (χ2v) is 10.6. The third-order valence-electron chi connectivity index (χ3n) is 8.73. The fourth-order valence-electron chi connectivity index (χ4n) is 7.11. The number of hydrogen-bond donors (Lipinski definition) is 1. The van der Waals surface area contributed by atoms with Crippen LogP contribution in [0.2, 0.25) is 0 Å². The van der Waals surface area contributed by atoms with Crippen LogP contribution in [0, 0.1) is 11.8 Å². The lowest BCUT2D eigenvalue weighted by molar-refractivity contribution is -0.119. The van der Waals surface area contributed by atoms with Gasteiger partial charge >= 0.3 is 0 Å². The van der Waals surface area contributed by atoms with Gasteiger partial charge in [0.15, 0.2) is 0 Å². The predicted molar refractivity (Wildman–Crippen MR) is 115 cm³/mol. The van der Waals surface area contributed by atoms with Crippen LogP contribution in [0.4, 0.5) is 8.78 Å². The summed E-state index contributed by atoms with van der Waals surface area (Å²) in [7, 11) is 0. The van der Waals surface area contributed by atoms with Crippen molar-refractivity contribution in [1.29, 1.82) is 0 Å². The van der Waals surface area contributed by atoms with Crippen molar-refractivity contribution < 1.29 is 23.0 Å². The topological polar surface area (TPSA) is 43.0 Å². The Morgan fingerprint density at radius 1 is 0.935 bits per heavy atom. The van der Waals surface area contributed by atoms with Crippen LogP contribution < -0.4 is 5.32 Å². The van der Waals surface area contributed by atoms with Crippen LogP contribution in [0.1, 0.15) is 57.8 Å². The molecule has 6 rings (SSSR count). The van der Waals surface area contributed by atoms with Gasteiger partial charge in [-0.25, -0.2) is 8.78 Å². The third kappa shape index (κ3) is 4.81. The van der Waals surface area contributed by atoms with Gasteiger partial charge in [-0.1, -0.05) is 0 Å². The van der Waals surface area contributed by atoms with Gasteiger partial charge in [-0.2, -0.15) is 0 Å². The summed E-state index contributed by atoms with van der Waals surface area (Å²) in [5.41, 5.74) is -0.0275. The van der Waals surface area contributed by atoms with Crippen LogP contribution in [0.3, 0.4) is 0 Å². The Morgan fingerprint density at radius 3 is 2.58 bits per heavy atom. The Hall–Kier alpha value is -0.340. The molecule has 0 radical (unpaired) electrons. The van der Waals surface area contributed by atoms with Gasteiger partial charge in [-0.05, 0) is 69.7 Å². The molecular weight excluding hydrogens is 402 g/mol. The quantitative estimate of drug-likeness (QED) is 0.624. The van der Waals surface area contributed by atoms with Crippen molar-refractivity contribution in [3.05, 3.63) is 0 Å². The molecule has 6 atom stereocenters. The van der Waals surface area contributed by atoms with Crippen molar-refractivity contribution in [2.45, 2.75) is 93.9 Å². The zero-order chi connectivity index (χ0) is 21.3. The number of morpholine rings is 1. The predicted octanol–water partition coefficient (Wildman–Crippen LogP) is 3.26. The van der Waals surface area contributed by atoms with Gasteiger partial charge in [0.1, 0.15) is 12.3 Å². The van der Waals surface area contributed by atoms with E-state index in [0.29, 0.717) is 25.0 Å². The molecule has 2 bridgehead atoms. The van der Waals surface area contributed by atoms with Gasteiger partial charge in [0.05, 0.1) is 43.6 Å². The molecule has 1 N–H and O–H groups in total.